The van der Waals surface area contributed by atoms with Gasteiger partial charge in [-0.2, -0.15) is 0 Å². The zero-order valence-corrected chi connectivity index (χ0v) is 11.4. The lowest BCUT2D eigenvalue weighted by Gasteiger charge is -2.45. The Labute approximate surface area is 110 Å². The first kappa shape index (κ1) is 13.5. The molecule has 1 saturated carbocycles. The van der Waals surface area contributed by atoms with Crippen LogP contribution in [0.1, 0.15) is 32.3 Å². The fourth-order valence-corrected chi connectivity index (χ4v) is 2.30. The lowest BCUT2D eigenvalue weighted by atomic mass is 9.75. The van der Waals surface area contributed by atoms with Gasteiger partial charge in [0, 0.05) is 18.1 Å². The Kier molecular flexibility index (Phi) is 4.38. The van der Waals surface area contributed by atoms with E-state index in [2.05, 4.69) is 31.3 Å². The standard InChI is InChI=1S/C15H24N2O/c1-12(2)17-11-15(16)8-14(9-15)18-10-13-6-4-3-5-7-13/h3-7,12,14,17H,8-11,16H2,1-2H3. The zero-order valence-electron chi connectivity index (χ0n) is 11.4. The molecule has 0 saturated heterocycles. The molecule has 1 aromatic carbocycles. The molecule has 100 valence electrons. The van der Waals surface area contributed by atoms with Crippen molar-refractivity contribution in [3.05, 3.63) is 35.9 Å². The minimum Gasteiger partial charge on any atom is -0.373 e. The van der Waals surface area contributed by atoms with E-state index in [1.807, 2.05) is 18.2 Å². The van der Waals surface area contributed by atoms with Gasteiger partial charge in [0.25, 0.3) is 0 Å². The summed E-state index contributed by atoms with van der Waals surface area (Å²) in [4.78, 5) is 0. The lowest BCUT2D eigenvalue weighted by Crippen LogP contribution is -2.61. The molecule has 3 heteroatoms. The lowest BCUT2D eigenvalue weighted by molar-refractivity contribution is -0.0514. The Morgan fingerprint density at radius 2 is 2.00 bits per heavy atom. The van der Waals surface area contributed by atoms with E-state index in [0.717, 1.165) is 19.4 Å². The fraction of sp³-hybridized carbons (Fsp3) is 0.600. The molecule has 18 heavy (non-hydrogen) atoms. The molecule has 2 rings (SSSR count). The molecule has 0 amide bonds. The highest BCUT2D eigenvalue weighted by Gasteiger charge is 2.41. The number of nitrogens with two attached hydrogens (primary N) is 1. The van der Waals surface area contributed by atoms with Gasteiger partial charge < -0.3 is 15.8 Å². The van der Waals surface area contributed by atoms with Gasteiger partial charge in [0.05, 0.1) is 12.7 Å². The molecule has 0 atom stereocenters. The molecule has 0 bridgehead atoms. The van der Waals surface area contributed by atoms with E-state index in [0.29, 0.717) is 18.8 Å². The van der Waals surface area contributed by atoms with Crippen molar-refractivity contribution in [3.63, 3.8) is 0 Å². The monoisotopic (exact) mass is 248 g/mol. The van der Waals surface area contributed by atoms with Gasteiger partial charge in [-0.3, -0.25) is 0 Å². The van der Waals surface area contributed by atoms with Crippen LogP contribution in [-0.2, 0) is 11.3 Å². The van der Waals surface area contributed by atoms with Crippen molar-refractivity contribution in [1.29, 1.82) is 0 Å². The normalized spacial score (nSPS) is 27.2. The summed E-state index contributed by atoms with van der Waals surface area (Å²) in [5.41, 5.74) is 7.43. The average molecular weight is 248 g/mol. The van der Waals surface area contributed by atoms with Crippen molar-refractivity contribution in [1.82, 2.24) is 5.32 Å². The molecule has 1 aliphatic carbocycles. The van der Waals surface area contributed by atoms with Crippen molar-refractivity contribution in [2.75, 3.05) is 6.54 Å². The zero-order chi connectivity index (χ0) is 13.0. The Balaban J connectivity index is 1.67. The molecule has 3 nitrogen and oxygen atoms in total. The summed E-state index contributed by atoms with van der Waals surface area (Å²) in [6, 6.07) is 10.8. The van der Waals surface area contributed by atoms with E-state index in [1.165, 1.54) is 5.56 Å². The molecule has 1 aromatic rings. The largest absolute Gasteiger partial charge is 0.373 e. The van der Waals surface area contributed by atoms with Crippen LogP contribution in [0, 0.1) is 0 Å². The summed E-state index contributed by atoms with van der Waals surface area (Å²) in [6.07, 6.45) is 2.24. The summed E-state index contributed by atoms with van der Waals surface area (Å²) in [5, 5.41) is 3.40. The first-order chi connectivity index (χ1) is 8.57. The van der Waals surface area contributed by atoms with Crippen LogP contribution in [0.15, 0.2) is 30.3 Å². The molecule has 0 heterocycles. The first-order valence-corrected chi connectivity index (χ1v) is 6.75. The third-order valence-corrected chi connectivity index (χ3v) is 3.46. The number of ether oxygens (including phenoxy) is 1. The molecule has 0 aliphatic heterocycles. The molecule has 0 unspecified atom stereocenters. The quantitative estimate of drug-likeness (QED) is 0.810. The Bertz CT molecular complexity index is 358. The van der Waals surface area contributed by atoms with Gasteiger partial charge in [0.15, 0.2) is 0 Å². The highest BCUT2D eigenvalue weighted by atomic mass is 16.5. The molecular weight excluding hydrogens is 224 g/mol. The Hall–Kier alpha value is -0.900. The second-order valence-electron chi connectivity index (χ2n) is 5.72. The van der Waals surface area contributed by atoms with Crippen LogP contribution >= 0.6 is 0 Å². The predicted octanol–water partition coefficient (Wildman–Crippen LogP) is 2.06. The van der Waals surface area contributed by atoms with Crippen molar-refractivity contribution in [2.45, 2.75) is 51.0 Å². The van der Waals surface area contributed by atoms with E-state index >= 15 is 0 Å². The van der Waals surface area contributed by atoms with Crippen LogP contribution in [0.5, 0.6) is 0 Å². The van der Waals surface area contributed by atoms with E-state index in [1.54, 1.807) is 0 Å². The second kappa shape index (κ2) is 5.83. The third-order valence-electron chi connectivity index (χ3n) is 3.46. The van der Waals surface area contributed by atoms with Gasteiger partial charge in [-0.25, -0.2) is 0 Å². The van der Waals surface area contributed by atoms with Gasteiger partial charge in [-0.05, 0) is 18.4 Å². The maximum Gasteiger partial charge on any atom is 0.0720 e. The number of rotatable bonds is 6. The molecule has 1 fully saturated rings. The molecule has 0 radical (unpaired) electrons. The van der Waals surface area contributed by atoms with Gasteiger partial charge >= 0.3 is 0 Å². The van der Waals surface area contributed by atoms with E-state index in [-0.39, 0.29) is 5.54 Å². The molecule has 0 aromatic heterocycles. The topological polar surface area (TPSA) is 47.3 Å². The highest BCUT2D eigenvalue weighted by Crippen LogP contribution is 2.32. The highest BCUT2D eigenvalue weighted by molar-refractivity contribution is 5.13. The van der Waals surface area contributed by atoms with Gasteiger partial charge in [-0.1, -0.05) is 44.2 Å². The summed E-state index contributed by atoms with van der Waals surface area (Å²) < 4.78 is 5.86. The van der Waals surface area contributed by atoms with Crippen molar-refractivity contribution in [3.8, 4) is 0 Å². The Morgan fingerprint density at radius 3 is 2.61 bits per heavy atom. The SMILES string of the molecule is CC(C)NCC1(N)CC(OCc2ccccc2)C1. The number of benzene rings is 1. The van der Waals surface area contributed by atoms with Crippen LogP contribution in [0.3, 0.4) is 0 Å². The van der Waals surface area contributed by atoms with Gasteiger partial charge in [0.2, 0.25) is 0 Å². The predicted molar refractivity (Wildman–Crippen MR) is 74.3 cm³/mol. The number of nitrogens with one attached hydrogen (secondary N) is 1. The van der Waals surface area contributed by atoms with Gasteiger partial charge in [-0.15, -0.1) is 0 Å². The van der Waals surface area contributed by atoms with Crippen LogP contribution in [0.2, 0.25) is 0 Å². The van der Waals surface area contributed by atoms with Gasteiger partial charge in [0.1, 0.15) is 0 Å². The maximum absolute atomic E-state index is 6.27. The van der Waals surface area contributed by atoms with Crippen molar-refractivity contribution < 1.29 is 4.74 Å². The molecule has 1 aliphatic rings. The molecule has 0 spiro atoms. The summed E-state index contributed by atoms with van der Waals surface area (Å²) in [6.45, 7) is 5.87. The molecule has 3 N–H and O–H groups in total. The average Bonchev–Trinajstić information content (AvgIpc) is 2.32. The second-order valence-corrected chi connectivity index (χ2v) is 5.72. The van der Waals surface area contributed by atoms with Crippen LogP contribution < -0.4 is 11.1 Å². The minimum atomic E-state index is -0.0639. The smallest absolute Gasteiger partial charge is 0.0720 e. The van der Waals surface area contributed by atoms with Crippen LogP contribution in [0.25, 0.3) is 0 Å². The van der Waals surface area contributed by atoms with E-state index < -0.39 is 0 Å². The number of hydrogen-bond donors (Lipinski definition) is 2. The fourth-order valence-electron chi connectivity index (χ4n) is 2.30. The maximum atomic E-state index is 6.27. The summed E-state index contributed by atoms with van der Waals surface area (Å²) in [5.74, 6) is 0. The van der Waals surface area contributed by atoms with Crippen LogP contribution in [-0.4, -0.2) is 24.2 Å². The van der Waals surface area contributed by atoms with Crippen LogP contribution in [0.4, 0.5) is 0 Å². The molecular formula is C15H24N2O. The summed E-state index contributed by atoms with van der Waals surface area (Å²) in [7, 11) is 0. The third kappa shape index (κ3) is 3.80. The van der Waals surface area contributed by atoms with Crippen molar-refractivity contribution in [2.24, 2.45) is 5.73 Å². The Morgan fingerprint density at radius 1 is 1.33 bits per heavy atom. The first-order valence-electron chi connectivity index (χ1n) is 6.75. The van der Waals surface area contributed by atoms with E-state index in [9.17, 15) is 0 Å². The summed E-state index contributed by atoms with van der Waals surface area (Å²) >= 11 is 0. The van der Waals surface area contributed by atoms with E-state index in [4.69, 9.17) is 10.5 Å². The minimum absolute atomic E-state index is 0.0639. The number of hydrogen-bond acceptors (Lipinski definition) is 3. The van der Waals surface area contributed by atoms with Crippen molar-refractivity contribution >= 4 is 0 Å².